The molecule has 20 heavy (non-hydrogen) atoms. The summed E-state index contributed by atoms with van der Waals surface area (Å²) < 4.78 is 5.16. The number of aryl methyl sites for hydroxylation is 2. The van der Waals surface area contributed by atoms with E-state index in [2.05, 4.69) is 4.99 Å². The number of hydrogen-bond acceptors (Lipinski definition) is 3. The van der Waals surface area contributed by atoms with Crippen molar-refractivity contribution in [2.24, 2.45) is 4.99 Å². The van der Waals surface area contributed by atoms with Gasteiger partial charge in [-0.1, -0.05) is 30.3 Å². The predicted molar refractivity (Wildman–Crippen MR) is 80.9 cm³/mol. The van der Waals surface area contributed by atoms with Gasteiger partial charge in [-0.3, -0.25) is 9.79 Å². The normalized spacial score (nSPS) is 10.8. The number of carbonyl (C=O) groups is 1. The summed E-state index contributed by atoms with van der Waals surface area (Å²) in [4.78, 5) is 15.6. The molecule has 0 atom stereocenters. The first-order valence-corrected chi connectivity index (χ1v) is 6.45. The van der Waals surface area contributed by atoms with Crippen LogP contribution in [0.1, 0.15) is 23.6 Å². The summed E-state index contributed by atoms with van der Waals surface area (Å²) in [5, 5.41) is 0. The number of benzene rings is 2. The molecule has 0 bridgehead atoms. The maximum Gasteiger partial charge on any atom is 0.308 e. The van der Waals surface area contributed by atoms with Gasteiger partial charge in [0.15, 0.2) is 0 Å². The Labute approximate surface area is 118 Å². The van der Waals surface area contributed by atoms with Gasteiger partial charge in [-0.25, -0.2) is 0 Å². The van der Waals surface area contributed by atoms with Crippen molar-refractivity contribution < 1.29 is 9.53 Å². The molecule has 0 unspecified atom stereocenters. The van der Waals surface area contributed by atoms with E-state index in [1.165, 1.54) is 6.92 Å². The average molecular weight is 267 g/mol. The molecule has 0 radical (unpaired) electrons. The number of rotatable bonds is 3. The lowest BCUT2D eigenvalue weighted by Crippen LogP contribution is -2.03. The second kappa shape index (κ2) is 6.15. The third-order valence-corrected chi connectivity index (χ3v) is 2.94. The molecule has 3 heteroatoms. The van der Waals surface area contributed by atoms with Crippen LogP contribution in [0.5, 0.6) is 5.75 Å². The molecule has 2 aromatic carbocycles. The van der Waals surface area contributed by atoms with Crippen LogP contribution in [-0.2, 0) is 4.79 Å². The highest BCUT2D eigenvalue weighted by atomic mass is 16.5. The number of carbonyl (C=O) groups excluding carboxylic acids is 1. The molecule has 0 saturated heterocycles. The summed E-state index contributed by atoms with van der Waals surface area (Å²) in [5.74, 6) is 0.188. The van der Waals surface area contributed by atoms with E-state index in [9.17, 15) is 4.79 Å². The molecule has 0 aliphatic carbocycles. The number of aliphatic imine (C=N–C) groups is 1. The molecule has 2 rings (SSSR count). The SMILES string of the molecule is CC(=O)Oc1ccccc1C=Nc1c(C)cccc1C. The zero-order valence-electron chi connectivity index (χ0n) is 11.9. The Balaban J connectivity index is 2.34. The molecule has 0 aromatic heterocycles. The minimum atomic E-state index is -0.335. The molecular weight excluding hydrogens is 250 g/mol. The fourth-order valence-corrected chi connectivity index (χ4v) is 1.98. The molecule has 0 aliphatic heterocycles. The van der Waals surface area contributed by atoms with Crippen LogP contribution in [0.15, 0.2) is 47.5 Å². The summed E-state index contributed by atoms with van der Waals surface area (Å²) in [6.45, 7) is 5.44. The van der Waals surface area contributed by atoms with Gasteiger partial charge in [-0.05, 0) is 37.1 Å². The fourth-order valence-electron chi connectivity index (χ4n) is 1.98. The van der Waals surface area contributed by atoms with Crippen LogP contribution in [0.25, 0.3) is 0 Å². The van der Waals surface area contributed by atoms with Crippen LogP contribution in [0.3, 0.4) is 0 Å². The molecule has 2 aromatic rings. The van der Waals surface area contributed by atoms with Gasteiger partial charge in [-0.2, -0.15) is 0 Å². The van der Waals surface area contributed by atoms with E-state index in [-0.39, 0.29) is 5.97 Å². The highest BCUT2D eigenvalue weighted by Crippen LogP contribution is 2.24. The van der Waals surface area contributed by atoms with Crippen molar-refractivity contribution >= 4 is 17.9 Å². The highest BCUT2D eigenvalue weighted by molar-refractivity contribution is 5.87. The van der Waals surface area contributed by atoms with Gasteiger partial charge in [0.1, 0.15) is 5.75 Å². The summed E-state index contributed by atoms with van der Waals surface area (Å²) in [7, 11) is 0. The van der Waals surface area contributed by atoms with E-state index in [1.54, 1.807) is 12.3 Å². The highest BCUT2D eigenvalue weighted by Gasteiger charge is 2.04. The van der Waals surface area contributed by atoms with Crippen molar-refractivity contribution in [2.75, 3.05) is 0 Å². The molecule has 0 spiro atoms. The van der Waals surface area contributed by atoms with Crippen molar-refractivity contribution in [3.8, 4) is 5.75 Å². The van der Waals surface area contributed by atoms with Crippen molar-refractivity contribution in [3.05, 3.63) is 59.2 Å². The lowest BCUT2D eigenvalue weighted by atomic mass is 10.1. The zero-order chi connectivity index (χ0) is 14.5. The number of para-hydroxylation sites is 2. The second-order valence-electron chi connectivity index (χ2n) is 4.63. The summed E-state index contributed by atoms with van der Waals surface area (Å²) in [6, 6.07) is 13.4. The van der Waals surface area contributed by atoms with Crippen molar-refractivity contribution in [2.45, 2.75) is 20.8 Å². The van der Waals surface area contributed by atoms with Gasteiger partial charge < -0.3 is 4.74 Å². The van der Waals surface area contributed by atoms with Crippen LogP contribution in [-0.4, -0.2) is 12.2 Å². The monoisotopic (exact) mass is 267 g/mol. The zero-order valence-corrected chi connectivity index (χ0v) is 11.9. The van der Waals surface area contributed by atoms with Crippen LogP contribution in [0, 0.1) is 13.8 Å². The van der Waals surface area contributed by atoms with Crippen molar-refractivity contribution in [1.29, 1.82) is 0 Å². The van der Waals surface area contributed by atoms with Crippen molar-refractivity contribution in [3.63, 3.8) is 0 Å². The van der Waals surface area contributed by atoms with Gasteiger partial charge in [0, 0.05) is 18.7 Å². The number of nitrogens with zero attached hydrogens (tertiary/aromatic N) is 1. The Kier molecular flexibility index (Phi) is 4.31. The molecular formula is C17H17NO2. The smallest absolute Gasteiger partial charge is 0.308 e. The standard InChI is InChI=1S/C17H17NO2/c1-12-7-6-8-13(2)17(12)18-11-15-9-4-5-10-16(15)20-14(3)19/h4-11H,1-3H3. The Morgan fingerprint density at radius 2 is 1.70 bits per heavy atom. The fraction of sp³-hybridized carbons (Fsp3) is 0.176. The quantitative estimate of drug-likeness (QED) is 0.479. The maximum absolute atomic E-state index is 11.1. The molecule has 0 heterocycles. The van der Waals surface area contributed by atoms with Gasteiger partial charge in [0.2, 0.25) is 0 Å². The van der Waals surface area contributed by atoms with E-state index in [1.807, 2.05) is 50.2 Å². The van der Waals surface area contributed by atoms with Gasteiger partial charge >= 0.3 is 5.97 Å². The number of esters is 1. The third-order valence-electron chi connectivity index (χ3n) is 2.94. The minimum Gasteiger partial charge on any atom is -0.426 e. The van der Waals surface area contributed by atoms with Gasteiger partial charge in [-0.15, -0.1) is 0 Å². The molecule has 0 aliphatic rings. The Hall–Kier alpha value is -2.42. The molecule has 102 valence electrons. The lowest BCUT2D eigenvalue weighted by molar-refractivity contribution is -0.131. The Morgan fingerprint density at radius 3 is 2.35 bits per heavy atom. The minimum absolute atomic E-state index is 0.335. The number of hydrogen-bond donors (Lipinski definition) is 0. The molecule has 3 nitrogen and oxygen atoms in total. The molecule has 0 fully saturated rings. The van der Waals surface area contributed by atoms with E-state index in [4.69, 9.17) is 4.74 Å². The molecule has 0 saturated carbocycles. The van der Waals surface area contributed by atoms with Crippen molar-refractivity contribution in [1.82, 2.24) is 0 Å². The van der Waals surface area contributed by atoms with Crippen LogP contribution < -0.4 is 4.74 Å². The molecule has 0 N–H and O–H groups in total. The lowest BCUT2D eigenvalue weighted by Gasteiger charge is -2.06. The van der Waals surface area contributed by atoms with Crippen LogP contribution in [0.2, 0.25) is 0 Å². The molecule has 0 amide bonds. The number of ether oxygens (including phenoxy) is 1. The predicted octanol–water partition coefficient (Wildman–Crippen LogP) is 3.98. The van der Waals surface area contributed by atoms with E-state index in [0.717, 1.165) is 22.4 Å². The summed E-state index contributed by atoms with van der Waals surface area (Å²) >= 11 is 0. The summed E-state index contributed by atoms with van der Waals surface area (Å²) in [6.07, 6.45) is 1.73. The third kappa shape index (κ3) is 3.32. The first-order valence-electron chi connectivity index (χ1n) is 6.45. The first-order chi connectivity index (χ1) is 9.58. The average Bonchev–Trinajstić information content (AvgIpc) is 2.39. The topological polar surface area (TPSA) is 38.7 Å². The largest absolute Gasteiger partial charge is 0.426 e. The van der Waals surface area contributed by atoms with E-state index < -0.39 is 0 Å². The van der Waals surface area contributed by atoms with Gasteiger partial charge in [0.25, 0.3) is 0 Å². The van der Waals surface area contributed by atoms with Gasteiger partial charge in [0.05, 0.1) is 5.69 Å². The first kappa shape index (κ1) is 14.0. The summed E-state index contributed by atoms with van der Waals surface area (Å²) in [5.41, 5.74) is 3.97. The van der Waals surface area contributed by atoms with E-state index >= 15 is 0 Å². The second-order valence-corrected chi connectivity index (χ2v) is 4.63. The van der Waals surface area contributed by atoms with Crippen LogP contribution >= 0.6 is 0 Å². The maximum atomic E-state index is 11.1. The van der Waals surface area contributed by atoms with Crippen LogP contribution in [0.4, 0.5) is 5.69 Å². The van der Waals surface area contributed by atoms with E-state index in [0.29, 0.717) is 5.75 Å². The Morgan fingerprint density at radius 1 is 1.05 bits per heavy atom. The Bertz CT molecular complexity index is 640.